The van der Waals surface area contributed by atoms with Gasteiger partial charge in [-0.15, -0.1) is 0 Å². The molecule has 0 atom stereocenters. The summed E-state index contributed by atoms with van der Waals surface area (Å²) in [4.78, 5) is 0. The van der Waals surface area contributed by atoms with E-state index in [0.29, 0.717) is 0 Å². The average Bonchev–Trinajstić information content (AvgIpc) is 2.89. The van der Waals surface area contributed by atoms with Crippen LogP contribution in [0, 0.1) is 0 Å². The molecular formula is C16H28OS. The zero-order chi connectivity index (χ0) is 12.9. The van der Waals surface area contributed by atoms with E-state index in [0.717, 1.165) is 13.2 Å². The summed E-state index contributed by atoms with van der Waals surface area (Å²) >= 11 is 1.74. The zero-order valence-corrected chi connectivity index (χ0v) is 12.6. The maximum Gasteiger partial charge on any atom is 0.0724 e. The van der Waals surface area contributed by atoms with E-state index in [1.807, 2.05) is 0 Å². The molecule has 104 valence electrons. The molecule has 0 saturated heterocycles. The minimum Gasteiger partial charge on any atom is -0.377 e. The Morgan fingerprint density at radius 1 is 0.944 bits per heavy atom. The van der Waals surface area contributed by atoms with Crippen LogP contribution in [0.4, 0.5) is 0 Å². The highest BCUT2D eigenvalue weighted by Crippen LogP contribution is 2.10. The smallest absolute Gasteiger partial charge is 0.0724 e. The number of hydrogen-bond acceptors (Lipinski definition) is 2. The molecule has 2 heteroatoms. The van der Waals surface area contributed by atoms with Gasteiger partial charge in [0.15, 0.2) is 0 Å². The Morgan fingerprint density at radius 3 is 2.22 bits per heavy atom. The summed E-state index contributed by atoms with van der Waals surface area (Å²) in [7, 11) is 0. The Balaban J connectivity index is 1.73. The number of thiophene rings is 1. The first-order chi connectivity index (χ1) is 8.93. The second-order valence-corrected chi connectivity index (χ2v) is 5.79. The van der Waals surface area contributed by atoms with Crippen LogP contribution in [0.2, 0.25) is 0 Å². The molecule has 1 rings (SSSR count). The van der Waals surface area contributed by atoms with E-state index in [9.17, 15) is 0 Å². The number of ether oxygens (including phenoxy) is 1. The van der Waals surface area contributed by atoms with E-state index >= 15 is 0 Å². The Kier molecular flexibility index (Phi) is 10.2. The standard InChI is InChI=1S/C16H28OS/c1-2-3-4-5-6-7-8-9-10-12-17-14-16-11-13-18-15-16/h11,13,15H,2-10,12,14H2,1H3. The van der Waals surface area contributed by atoms with Gasteiger partial charge in [0.1, 0.15) is 0 Å². The van der Waals surface area contributed by atoms with Crippen molar-refractivity contribution in [3.8, 4) is 0 Å². The highest BCUT2D eigenvalue weighted by molar-refractivity contribution is 7.07. The second-order valence-electron chi connectivity index (χ2n) is 5.01. The lowest BCUT2D eigenvalue weighted by Crippen LogP contribution is -1.94. The molecule has 0 unspecified atom stereocenters. The van der Waals surface area contributed by atoms with Crippen molar-refractivity contribution in [1.82, 2.24) is 0 Å². The van der Waals surface area contributed by atoms with E-state index in [-0.39, 0.29) is 0 Å². The average molecular weight is 268 g/mol. The quantitative estimate of drug-likeness (QED) is 0.436. The van der Waals surface area contributed by atoms with Crippen molar-refractivity contribution >= 4 is 11.3 Å². The van der Waals surface area contributed by atoms with Crippen LogP contribution < -0.4 is 0 Å². The van der Waals surface area contributed by atoms with E-state index < -0.39 is 0 Å². The molecule has 1 nitrogen and oxygen atoms in total. The summed E-state index contributed by atoms with van der Waals surface area (Å²) in [5, 5.41) is 4.27. The Labute approximate surface area is 117 Å². The van der Waals surface area contributed by atoms with Gasteiger partial charge in [-0.25, -0.2) is 0 Å². The van der Waals surface area contributed by atoms with Crippen LogP contribution in [0.5, 0.6) is 0 Å². The normalized spacial score (nSPS) is 10.9. The van der Waals surface area contributed by atoms with Crippen LogP contribution in [0.1, 0.15) is 70.3 Å². The summed E-state index contributed by atoms with van der Waals surface area (Å²) in [6.07, 6.45) is 12.4. The van der Waals surface area contributed by atoms with Gasteiger partial charge < -0.3 is 4.74 Å². The molecule has 0 bridgehead atoms. The number of unbranched alkanes of at least 4 members (excludes halogenated alkanes) is 8. The molecule has 0 aliphatic rings. The molecule has 0 aliphatic heterocycles. The van der Waals surface area contributed by atoms with Crippen LogP contribution in [0.3, 0.4) is 0 Å². The SMILES string of the molecule is CCCCCCCCCCCOCc1ccsc1. The molecular weight excluding hydrogens is 240 g/mol. The summed E-state index contributed by atoms with van der Waals surface area (Å²) in [6, 6.07) is 2.14. The van der Waals surface area contributed by atoms with Crippen LogP contribution >= 0.6 is 11.3 Å². The second kappa shape index (κ2) is 11.7. The monoisotopic (exact) mass is 268 g/mol. The third-order valence-electron chi connectivity index (χ3n) is 3.24. The predicted molar refractivity (Wildman–Crippen MR) is 81.2 cm³/mol. The maximum absolute atomic E-state index is 5.64. The van der Waals surface area contributed by atoms with Gasteiger partial charge in [-0.1, -0.05) is 58.3 Å². The molecule has 0 spiro atoms. The lowest BCUT2D eigenvalue weighted by molar-refractivity contribution is 0.117. The van der Waals surface area contributed by atoms with Gasteiger partial charge in [-0.3, -0.25) is 0 Å². The van der Waals surface area contributed by atoms with E-state index in [2.05, 4.69) is 23.8 Å². The topological polar surface area (TPSA) is 9.23 Å². The molecule has 0 aromatic carbocycles. The molecule has 0 fully saturated rings. The van der Waals surface area contributed by atoms with Crippen LogP contribution in [0.25, 0.3) is 0 Å². The van der Waals surface area contributed by atoms with Gasteiger partial charge >= 0.3 is 0 Å². The molecule has 18 heavy (non-hydrogen) atoms. The molecule has 0 aliphatic carbocycles. The fourth-order valence-corrected chi connectivity index (χ4v) is 2.73. The first-order valence-corrected chi connectivity index (χ1v) is 8.46. The molecule has 1 aromatic rings. The minimum atomic E-state index is 0.792. The molecule has 0 amide bonds. The van der Waals surface area contributed by atoms with E-state index in [1.165, 1.54) is 63.4 Å². The van der Waals surface area contributed by atoms with Gasteiger partial charge in [0.2, 0.25) is 0 Å². The van der Waals surface area contributed by atoms with Crippen molar-refractivity contribution in [2.75, 3.05) is 6.61 Å². The third kappa shape index (κ3) is 8.71. The maximum atomic E-state index is 5.64. The summed E-state index contributed by atoms with van der Waals surface area (Å²) in [5.41, 5.74) is 1.32. The van der Waals surface area contributed by atoms with Crippen molar-refractivity contribution in [2.45, 2.75) is 71.3 Å². The first kappa shape index (κ1) is 15.7. The molecule has 0 radical (unpaired) electrons. The van der Waals surface area contributed by atoms with Crippen LogP contribution in [0.15, 0.2) is 16.8 Å². The molecule has 0 saturated carbocycles. The first-order valence-electron chi connectivity index (χ1n) is 7.52. The largest absolute Gasteiger partial charge is 0.377 e. The van der Waals surface area contributed by atoms with Crippen molar-refractivity contribution < 1.29 is 4.74 Å². The van der Waals surface area contributed by atoms with Crippen molar-refractivity contribution in [1.29, 1.82) is 0 Å². The highest BCUT2D eigenvalue weighted by Gasteiger charge is 1.94. The van der Waals surface area contributed by atoms with E-state index in [1.54, 1.807) is 11.3 Å². The Bertz CT molecular complexity index is 256. The van der Waals surface area contributed by atoms with Gasteiger partial charge in [-0.05, 0) is 28.8 Å². The molecule has 1 aromatic heterocycles. The highest BCUT2D eigenvalue weighted by atomic mass is 32.1. The molecule has 0 N–H and O–H groups in total. The van der Waals surface area contributed by atoms with Gasteiger partial charge in [0.25, 0.3) is 0 Å². The summed E-state index contributed by atoms with van der Waals surface area (Å²) in [5.74, 6) is 0. The predicted octanol–water partition coefficient (Wildman–Crippen LogP) is 5.80. The van der Waals surface area contributed by atoms with Gasteiger partial charge in [0.05, 0.1) is 6.61 Å². The lowest BCUT2D eigenvalue weighted by atomic mass is 10.1. The Morgan fingerprint density at radius 2 is 1.61 bits per heavy atom. The zero-order valence-electron chi connectivity index (χ0n) is 11.8. The minimum absolute atomic E-state index is 0.792. The van der Waals surface area contributed by atoms with Crippen LogP contribution in [-0.2, 0) is 11.3 Å². The number of hydrogen-bond donors (Lipinski definition) is 0. The van der Waals surface area contributed by atoms with E-state index in [4.69, 9.17) is 4.74 Å². The number of rotatable bonds is 12. The van der Waals surface area contributed by atoms with Crippen molar-refractivity contribution in [3.05, 3.63) is 22.4 Å². The molecule has 1 heterocycles. The van der Waals surface area contributed by atoms with Crippen molar-refractivity contribution in [2.24, 2.45) is 0 Å². The summed E-state index contributed by atoms with van der Waals surface area (Å²) in [6.45, 7) is 3.99. The fourth-order valence-electron chi connectivity index (χ4n) is 2.08. The fraction of sp³-hybridized carbons (Fsp3) is 0.750. The van der Waals surface area contributed by atoms with Crippen molar-refractivity contribution in [3.63, 3.8) is 0 Å². The Hall–Kier alpha value is -0.340. The lowest BCUT2D eigenvalue weighted by Gasteiger charge is -2.03. The van der Waals surface area contributed by atoms with Gasteiger partial charge in [0, 0.05) is 6.61 Å². The van der Waals surface area contributed by atoms with Gasteiger partial charge in [-0.2, -0.15) is 11.3 Å². The third-order valence-corrected chi connectivity index (χ3v) is 3.97. The van der Waals surface area contributed by atoms with Crippen LogP contribution in [-0.4, -0.2) is 6.61 Å². The summed E-state index contributed by atoms with van der Waals surface area (Å²) < 4.78 is 5.64.